The summed E-state index contributed by atoms with van der Waals surface area (Å²) in [4.78, 5) is 16.5. The standard InChI is InChI=1S/C15H22N2O2/c1-15(2)11-17(12-7-5-4-6-8-12)14(19)13(9-10-18)16(15)3/h4-8,13,18H,9-11H2,1-3H3. The van der Waals surface area contributed by atoms with E-state index in [1.807, 2.05) is 42.3 Å². The predicted molar refractivity (Wildman–Crippen MR) is 76.1 cm³/mol. The monoisotopic (exact) mass is 262 g/mol. The predicted octanol–water partition coefficient (Wildman–Crippen LogP) is 1.49. The lowest BCUT2D eigenvalue weighted by Gasteiger charge is -2.49. The number of hydrogen-bond donors (Lipinski definition) is 1. The third kappa shape index (κ3) is 2.65. The smallest absolute Gasteiger partial charge is 0.244 e. The van der Waals surface area contributed by atoms with Gasteiger partial charge >= 0.3 is 0 Å². The second-order valence-electron chi connectivity index (χ2n) is 5.71. The molecule has 0 saturated carbocycles. The van der Waals surface area contributed by atoms with E-state index >= 15 is 0 Å². The van der Waals surface area contributed by atoms with Crippen molar-refractivity contribution >= 4 is 11.6 Å². The van der Waals surface area contributed by atoms with Gasteiger partial charge in [0.2, 0.25) is 5.91 Å². The largest absolute Gasteiger partial charge is 0.396 e. The summed E-state index contributed by atoms with van der Waals surface area (Å²) in [6.45, 7) is 4.94. The molecule has 1 amide bonds. The topological polar surface area (TPSA) is 43.8 Å². The number of rotatable bonds is 3. The van der Waals surface area contributed by atoms with Crippen LogP contribution < -0.4 is 4.90 Å². The molecule has 0 spiro atoms. The van der Waals surface area contributed by atoms with Crippen LogP contribution in [-0.2, 0) is 4.79 Å². The number of benzene rings is 1. The molecule has 4 nitrogen and oxygen atoms in total. The number of carbonyl (C=O) groups excluding carboxylic acids is 1. The molecule has 19 heavy (non-hydrogen) atoms. The number of para-hydroxylation sites is 1. The maximum Gasteiger partial charge on any atom is 0.244 e. The first-order valence-electron chi connectivity index (χ1n) is 6.67. The van der Waals surface area contributed by atoms with E-state index in [1.165, 1.54) is 0 Å². The quantitative estimate of drug-likeness (QED) is 0.897. The van der Waals surface area contributed by atoms with Gasteiger partial charge in [0, 0.05) is 24.4 Å². The highest BCUT2D eigenvalue weighted by Crippen LogP contribution is 2.29. The maximum absolute atomic E-state index is 12.6. The minimum absolute atomic E-state index is 0.0272. The van der Waals surface area contributed by atoms with Crippen molar-refractivity contribution in [2.45, 2.75) is 31.8 Å². The van der Waals surface area contributed by atoms with Crippen LogP contribution in [0.15, 0.2) is 30.3 Å². The number of amides is 1. The Balaban J connectivity index is 2.33. The number of anilines is 1. The molecule has 104 valence electrons. The van der Waals surface area contributed by atoms with Crippen molar-refractivity contribution in [3.05, 3.63) is 30.3 Å². The number of likely N-dealkylation sites (N-methyl/N-ethyl adjacent to an activating group) is 1. The Bertz CT molecular complexity index is 445. The molecular formula is C15H22N2O2. The van der Waals surface area contributed by atoms with Crippen LogP contribution in [0.4, 0.5) is 5.69 Å². The van der Waals surface area contributed by atoms with Crippen molar-refractivity contribution in [1.82, 2.24) is 4.90 Å². The number of aliphatic hydroxyl groups is 1. The molecule has 1 atom stereocenters. The van der Waals surface area contributed by atoms with Crippen molar-refractivity contribution < 1.29 is 9.90 Å². The lowest BCUT2D eigenvalue weighted by molar-refractivity contribution is -0.129. The molecule has 1 saturated heterocycles. The van der Waals surface area contributed by atoms with Gasteiger partial charge in [0.05, 0.1) is 6.04 Å². The molecule has 1 aromatic carbocycles. The third-order valence-electron chi connectivity index (χ3n) is 3.99. The first-order chi connectivity index (χ1) is 8.97. The highest BCUT2D eigenvalue weighted by Gasteiger charge is 2.42. The summed E-state index contributed by atoms with van der Waals surface area (Å²) in [7, 11) is 1.96. The van der Waals surface area contributed by atoms with Crippen molar-refractivity contribution in [2.24, 2.45) is 0 Å². The van der Waals surface area contributed by atoms with Gasteiger partial charge in [-0.3, -0.25) is 9.69 Å². The summed E-state index contributed by atoms with van der Waals surface area (Å²) in [6.07, 6.45) is 0.474. The molecule has 2 rings (SSSR count). The van der Waals surface area contributed by atoms with Gasteiger partial charge in [-0.25, -0.2) is 0 Å². The Kier molecular flexibility index (Phi) is 3.92. The summed E-state index contributed by atoms with van der Waals surface area (Å²) in [5, 5.41) is 9.18. The number of aliphatic hydroxyl groups excluding tert-OH is 1. The molecule has 1 aromatic rings. The Morgan fingerprint density at radius 2 is 1.95 bits per heavy atom. The molecule has 0 radical (unpaired) electrons. The molecule has 1 aliphatic heterocycles. The van der Waals surface area contributed by atoms with Crippen LogP contribution in [0.2, 0.25) is 0 Å². The fraction of sp³-hybridized carbons (Fsp3) is 0.533. The zero-order chi connectivity index (χ0) is 14.0. The van der Waals surface area contributed by atoms with E-state index in [0.29, 0.717) is 13.0 Å². The van der Waals surface area contributed by atoms with Crippen LogP contribution in [0.25, 0.3) is 0 Å². The maximum atomic E-state index is 12.6. The van der Waals surface area contributed by atoms with Gasteiger partial charge in [-0.05, 0) is 39.4 Å². The fourth-order valence-electron chi connectivity index (χ4n) is 2.61. The summed E-state index contributed by atoms with van der Waals surface area (Å²) < 4.78 is 0. The van der Waals surface area contributed by atoms with Crippen LogP contribution in [-0.4, -0.2) is 47.7 Å². The summed E-state index contributed by atoms with van der Waals surface area (Å²) in [5.41, 5.74) is 0.820. The van der Waals surface area contributed by atoms with E-state index in [1.54, 1.807) is 0 Å². The van der Waals surface area contributed by atoms with Crippen LogP contribution in [0.1, 0.15) is 20.3 Å². The molecule has 0 aromatic heterocycles. The number of nitrogens with zero attached hydrogens (tertiary/aromatic N) is 2. The van der Waals surface area contributed by atoms with E-state index in [9.17, 15) is 9.90 Å². The second kappa shape index (κ2) is 5.31. The molecule has 1 unspecified atom stereocenters. The first kappa shape index (κ1) is 14.0. The molecule has 1 aliphatic rings. The zero-order valence-corrected chi connectivity index (χ0v) is 11.8. The van der Waals surface area contributed by atoms with Crippen LogP contribution in [0.5, 0.6) is 0 Å². The van der Waals surface area contributed by atoms with E-state index in [2.05, 4.69) is 18.7 Å². The third-order valence-corrected chi connectivity index (χ3v) is 3.99. The second-order valence-corrected chi connectivity index (χ2v) is 5.71. The average molecular weight is 262 g/mol. The van der Waals surface area contributed by atoms with E-state index < -0.39 is 0 Å². The SMILES string of the molecule is CN1C(CCO)C(=O)N(c2ccccc2)CC1(C)C. The Morgan fingerprint density at radius 1 is 1.32 bits per heavy atom. The van der Waals surface area contributed by atoms with Gasteiger partial charge in [0.15, 0.2) is 0 Å². The van der Waals surface area contributed by atoms with Gasteiger partial charge in [-0.15, -0.1) is 0 Å². The highest BCUT2D eigenvalue weighted by atomic mass is 16.3. The van der Waals surface area contributed by atoms with Crippen LogP contribution >= 0.6 is 0 Å². The van der Waals surface area contributed by atoms with Crippen molar-refractivity contribution in [3.8, 4) is 0 Å². The van der Waals surface area contributed by atoms with Gasteiger partial charge in [-0.2, -0.15) is 0 Å². The Morgan fingerprint density at radius 3 is 2.53 bits per heavy atom. The number of piperazine rings is 1. The van der Waals surface area contributed by atoms with Gasteiger partial charge in [0.25, 0.3) is 0 Å². The molecule has 1 heterocycles. The summed E-state index contributed by atoms with van der Waals surface area (Å²) >= 11 is 0. The lowest BCUT2D eigenvalue weighted by Crippen LogP contribution is -2.65. The molecule has 1 N–H and O–H groups in total. The Labute approximate surface area is 114 Å². The van der Waals surface area contributed by atoms with E-state index in [0.717, 1.165) is 5.69 Å². The molecule has 0 bridgehead atoms. The average Bonchev–Trinajstić information content (AvgIpc) is 2.40. The number of hydrogen-bond acceptors (Lipinski definition) is 3. The van der Waals surface area contributed by atoms with Gasteiger partial charge in [-0.1, -0.05) is 18.2 Å². The van der Waals surface area contributed by atoms with Gasteiger partial charge in [0.1, 0.15) is 0 Å². The highest BCUT2D eigenvalue weighted by molar-refractivity contribution is 5.98. The molecular weight excluding hydrogens is 240 g/mol. The van der Waals surface area contributed by atoms with Crippen LogP contribution in [0, 0.1) is 0 Å². The van der Waals surface area contributed by atoms with Crippen molar-refractivity contribution in [3.63, 3.8) is 0 Å². The minimum atomic E-state index is -0.256. The molecule has 1 fully saturated rings. The first-order valence-corrected chi connectivity index (χ1v) is 6.67. The van der Waals surface area contributed by atoms with Crippen molar-refractivity contribution in [2.75, 3.05) is 25.1 Å². The number of carbonyl (C=O) groups is 1. The zero-order valence-electron chi connectivity index (χ0n) is 11.8. The summed E-state index contributed by atoms with van der Waals surface area (Å²) in [6, 6.07) is 9.48. The lowest BCUT2D eigenvalue weighted by atomic mass is 9.93. The molecule has 0 aliphatic carbocycles. The van der Waals surface area contributed by atoms with Crippen molar-refractivity contribution in [1.29, 1.82) is 0 Å². The Hall–Kier alpha value is -1.39. The van der Waals surface area contributed by atoms with E-state index in [4.69, 9.17) is 0 Å². The fourth-order valence-corrected chi connectivity index (χ4v) is 2.61. The van der Waals surface area contributed by atoms with Gasteiger partial charge < -0.3 is 10.0 Å². The summed E-state index contributed by atoms with van der Waals surface area (Å²) in [5.74, 6) is 0.0714. The van der Waals surface area contributed by atoms with Crippen LogP contribution in [0.3, 0.4) is 0 Å². The normalized spacial score (nSPS) is 23.7. The molecule has 4 heteroatoms. The minimum Gasteiger partial charge on any atom is -0.396 e. The van der Waals surface area contributed by atoms with E-state index in [-0.39, 0.29) is 24.1 Å².